The first-order chi connectivity index (χ1) is 10.2. The highest BCUT2D eigenvalue weighted by atomic mass is 35.5. The first kappa shape index (κ1) is 19.1. The van der Waals surface area contributed by atoms with Crippen molar-refractivity contribution in [1.82, 2.24) is 10.2 Å². The summed E-state index contributed by atoms with van der Waals surface area (Å²) in [6, 6.07) is 8.37. The van der Waals surface area contributed by atoms with Gasteiger partial charge in [-0.15, -0.1) is 24.2 Å². The summed E-state index contributed by atoms with van der Waals surface area (Å²) in [6.45, 7) is 2.03. The van der Waals surface area contributed by atoms with Gasteiger partial charge in [0, 0.05) is 30.2 Å². The maximum atomic E-state index is 12.2. The second kappa shape index (κ2) is 9.98. The van der Waals surface area contributed by atoms with Crippen molar-refractivity contribution in [2.75, 3.05) is 33.0 Å². The molecule has 1 aliphatic heterocycles. The molecule has 1 heterocycles. The van der Waals surface area contributed by atoms with Gasteiger partial charge in [0.2, 0.25) is 5.91 Å². The number of rotatable bonds is 6. The van der Waals surface area contributed by atoms with Crippen molar-refractivity contribution in [1.29, 1.82) is 0 Å². The van der Waals surface area contributed by atoms with Gasteiger partial charge >= 0.3 is 0 Å². The summed E-state index contributed by atoms with van der Waals surface area (Å²) in [4.78, 5) is 15.3. The standard InChI is InChI=1S/C16H24N2O2S.ClH/c1-18(13-7-10-17-11-8-13)16(19)9-12-21-15-5-3-14(20-2)4-6-15;/h3-6,13,17H,7-12H2,1-2H3;1H. The monoisotopic (exact) mass is 344 g/mol. The van der Waals surface area contributed by atoms with Crippen LogP contribution in [0.2, 0.25) is 0 Å². The van der Waals surface area contributed by atoms with E-state index in [1.807, 2.05) is 36.2 Å². The number of carbonyl (C=O) groups excluding carboxylic acids is 1. The Kier molecular flexibility index (Phi) is 8.68. The zero-order valence-corrected chi connectivity index (χ0v) is 14.8. The molecule has 1 fully saturated rings. The van der Waals surface area contributed by atoms with Crippen LogP contribution in [0.15, 0.2) is 29.2 Å². The molecule has 1 N–H and O–H groups in total. The molecule has 124 valence electrons. The van der Waals surface area contributed by atoms with Gasteiger partial charge < -0.3 is 15.0 Å². The van der Waals surface area contributed by atoms with E-state index in [0.29, 0.717) is 12.5 Å². The average molecular weight is 345 g/mol. The van der Waals surface area contributed by atoms with Crippen LogP contribution in [0, 0.1) is 0 Å². The third-order valence-electron chi connectivity index (χ3n) is 3.89. The van der Waals surface area contributed by atoms with Gasteiger partial charge in [-0.3, -0.25) is 4.79 Å². The van der Waals surface area contributed by atoms with Crippen molar-refractivity contribution in [2.45, 2.75) is 30.2 Å². The molecule has 22 heavy (non-hydrogen) atoms. The highest BCUT2D eigenvalue weighted by molar-refractivity contribution is 7.99. The molecular weight excluding hydrogens is 320 g/mol. The number of ether oxygens (including phenoxy) is 1. The quantitative estimate of drug-likeness (QED) is 0.806. The number of benzene rings is 1. The average Bonchev–Trinajstić information content (AvgIpc) is 2.55. The van der Waals surface area contributed by atoms with Crippen LogP contribution in [0.4, 0.5) is 0 Å². The van der Waals surface area contributed by atoms with E-state index in [0.717, 1.165) is 37.4 Å². The van der Waals surface area contributed by atoms with Crippen molar-refractivity contribution in [3.05, 3.63) is 24.3 Å². The SMILES string of the molecule is COc1ccc(SCCC(=O)N(C)C2CCNCC2)cc1.Cl. The molecule has 1 saturated heterocycles. The van der Waals surface area contributed by atoms with Crippen LogP contribution in [-0.4, -0.2) is 49.8 Å². The number of nitrogens with one attached hydrogen (secondary N) is 1. The van der Waals surface area contributed by atoms with Gasteiger partial charge in [0.15, 0.2) is 0 Å². The Morgan fingerprint density at radius 3 is 2.55 bits per heavy atom. The minimum absolute atomic E-state index is 0. The Bertz CT molecular complexity index is 450. The van der Waals surface area contributed by atoms with Crippen LogP contribution >= 0.6 is 24.2 Å². The fourth-order valence-electron chi connectivity index (χ4n) is 2.50. The molecule has 0 spiro atoms. The van der Waals surface area contributed by atoms with Gasteiger partial charge in [0.25, 0.3) is 0 Å². The van der Waals surface area contributed by atoms with Gasteiger partial charge in [-0.25, -0.2) is 0 Å². The fourth-order valence-corrected chi connectivity index (χ4v) is 3.34. The molecular formula is C16H25ClN2O2S. The molecule has 4 nitrogen and oxygen atoms in total. The van der Waals surface area contributed by atoms with Crippen LogP contribution < -0.4 is 10.1 Å². The molecule has 2 rings (SSSR count). The first-order valence-electron chi connectivity index (χ1n) is 7.44. The van der Waals surface area contributed by atoms with Crippen LogP contribution in [0.1, 0.15) is 19.3 Å². The van der Waals surface area contributed by atoms with Gasteiger partial charge in [0.05, 0.1) is 7.11 Å². The summed E-state index contributed by atoms with van der Waals surface area (Å²) in [5.41, 5.74) is 0. The molecule has 1 aromatic carbocycles. The minimum Gasteiger partial charge on any atom is -0.497 e. The molecule has 0 aliphatic carbocycles. The molecule has 1 aromatic rings. The summed E-state index contributed by atoms with van der Waals surface area (Å²) in [5.74, 6) is 1.93. The lowest BCUT2D eigenvalue weighted by Gasteiger charge is -2.31. The second-order valence-electron chi connectivity index (χ2n) is 5.26. The molecule has 0 radical (unpaired) electrons. The number of amides is 1. The number of hydrogen-bond donors (Lipinski definition) is 1. The Balaban J connectivity index is 0.00000242. The van der Waals surface area contributed by atoms with Crippen molar-refractivity contribution in [2.24, 2.45) is 0 Å². The maximum Gasteiger partial charge on any atom is 0.223 e. The lowest BCUT2D eigenvalue weighted by Crippen LogP contribution is -2.44. The van der Waals surface area contributed by atoms with Gasteiger partial charge in [-0.2, -0.15) is 0 Å². The van der Waals surface area contributed by atoms with E-state index in [-0.39, 0.29) is 18.3 Å². The van der Waals surface area contributed by atoms with E-state index in [2.05, 4.69) is 5.32 Å². The van der Waals surface area contributed by atoms with Gasteiger partial charge in [-0.05, 0) is 50.2 Å². The number of methoxy groups -OCH3 is 1. The van der Waals surface area contributed by atoms with E-state index in [9.17, 15) is 4.79 Å². The highest BCUT2D eigenvalue weighted by Gasteiger charge is 2.21. The Morgan fingerprint density at radius 1 is 1.32 bits per heavy atom. The lowest BCUT2D eigenvalue weighted by atomic mass is 10.1. The Hall–Kier alpha value is -0.910. The lowest BCUT2D eigenvalue weighted by molar-refractivity contribution is -0.131. The fraction of sp³-hybridized carbons (Fsp3) is 0.562. The molecule has 1 aliphatic rings. The predicted molar refractivity (Wildman–Crippen MR) is 94.2 cm³/mol. The van der Waals surface area contributed by atoms with E-state index in [4.69, 9.17) is 4.74 Å². The van der Waals surface area contributed by atoms with Crippen LogP contribution in [0.25, 0.3) is 0 Å². The van der Waals surface area contributed by atoms with E-state index < -0.39 is 0 Å². The summed E-state index contributed by atoms with van der Waals surface area (Å²) < 4.78 is 5.14. The van der Waals surface area contributed by atoms with Crippen molar-refractivity contribution in [3.63, 3.8) is 0 Å². The number of carbonyl (C=O) groups is 1. The molecule has 0 atom stereocenters. The highest BCUT2D eigenvalue weighted by Crippen LogP contribution is 2.22. The molecule has 0 aromatic heterocycles. The topological polar surface area (TPSA) is 41.6 Å². The zero-order valence-electron chi connectivity index (χ0n) is 13.2. The van der Waals surface area contributed by atoms with Crippen LogP contribution in [0.5, 0.6) is 5.75 Å². The van der Waals surface area contributed by atoms with Gasteiger partial charge in [-0.1, -0.05) is 0 Å². The third kappa shape index (κ3) is 5.71. The number of nitrogens with zero attached hydrogens (tertiary/aromatic N) is 1. The molecule has 0 unspecified atom stereocenters. The number of hydrogen-bond acceptors (Lipinski definition) is 4. The van der Waals surface area contributed by atoms with E-state index in [1.165, 1.54) is 4.90 Å². The second-order valence-corrected chi connectivity index (χ2v) is 6.43. The number of piperidine rings is 1. The Morgan fingerprint density at radius 2 is 1.95 bits per heavy atom. The van der Waals surface area contributed by atoms with Crippen molar-refractivity contribution >= 4 is 30.1 Å². The summed E-state index contributed by atoms with van der Waals surface area (Å²) >= 11 is 1.72. The molecule has 1 amide bonds. The van der Waals surface area contributed by atoms with E-state index in [1.54, 1.807) is 18.9 Å². The largest absolute Gasteiger partial charge is 0.497 e. The molecule has 0 bridgehead atoms. The number of halogens is 1. The summed E-state index contributed by atoms with van der Waals surface area (Å²) in [6.07, 6.45) is 2.72. The van der Waals surface area contributed by atoms with Gasteiger partial charge in [0.1, 0.15) is 5.75 Å². The summed E-state index contributed by atoms with van der Waals surface area (Å²) in [7, 11) is 3.60. The molecule has 0 saturated carbocycles. The normalized spacial score (nSPS) is 15.0. The van der Waals surface area contributed by atoms with Crippen molar-refractivity contribution < 1.29 is 9.53 Å². The van der Waals surface area contributed by atoms with Crippen LogP contribution in [-0.2, 0) is 4.79 Å². The molecule has 6 heteroatoms. The summed E-state index contributed by atoms with van der Waals surface area (Å²) in [5, 5.41) is 3.33. The minimum atomic E-state index is 0. The van der Waals surface area contributed by atoms with Crippen molar-refractivity contribution in [3.8, 4) is 5.75 Å². The smallest absolute Gasteiger partial charge is 0.223 e. The third-order valence-corrected chi connectivity index (χ3v) is 4.91. The van der Waals surface area contributed by atoms with Crippen LogP contribution in [0.3, 0.4) is 0 Å². The predicted octanol–water partition coefficient (Wildman–Crippen LogP) is 2.81. The zero-order chi connectivity index (χ0) is 15.1. The van der Waals surface area contributed by atoms with E-state index >= 15 is 0 Å². The first-order valence-corrected chi connectivity index (χ1v) is 8.42. The Labute approximate surface area is 143 Å². The number of thioether (sulfide) groups is 1. The maximum absolute atomic E-state index is 12.2.